The van der Waals surface area contributed by atoms with Gasteiger partial charge in [0.05, 0.1) is 29.7 Å². The van der Waals surface area contributed by atoms with Crippen LogP contribution in [0.4, 0.5) is 0 Å². The zero-order valence-corrected chi connectivity index (χ0v) is 22.1. The summed E-state index contributed by atoms with van der Waals surface area (Å²) in [4.78, 5) is 52.5. The Morgan fingerprint density at radius 1 is 0.951 bits per heavy atom. The molecular formula is C30H24N2O9. The minimum atomic E-state index is -1.52. The van der Waals surface area contributed by atoms with Crippen LogP contribution in [-0.2, 0) is 22.7 Å². The Kier molecular flexibility index (Phi) is 7.51. The molecule has 0 saturated heterocycles. The van der Waals surface area contributed by atoms with Crippen LogP contribution in [0, 0.1) is 6.92 Å². The van der Waals surface area contributed by atoms with Crippen molar-refractivity contribution >= 4 is 28.8 Å². The fourth-order valence-electron chi connectivity index (χ4n) is 4.45. The fraction of sp³-hybridized carbons (Fsp3) is 0.167. The summed E-state index contributed by atoms with van der Waals surface area (Å²) in [6.45, 7) is 3.69. The zero-order chi connectivity index (χ0) is 29.1. The molecule has 0 fully saturated rings. The van der Waals surface area contributed by atoms with E-state index in [1.54, 1.807) is 53.1 Å². The molecule has 0 aliphatic rings. The molecule has 0 aliphatic carbocycles. The lowest BCUT2D eigenvalue weighted by Gasteiger charge is -2.12. The molecule has 5 aromatic rings. The number of Topliss-reactive ketones (excluding diaryl/α,β-unsaturated/α-hetero) is 1. The van der Waals surface area contributed by atoms with Crippen LogP contribution in [-0.4, -0.2) is 39.0 Å². The normalized spacial score (nSPS) is 11.0. The van der Waals surface area contributed by atoms with Gasteiger partial charge in [0.25, 0.3) is 11.8 Å². The maximum Gasteiger partial charge on any atom is 0.519 e. The van der Waals surface area contributed by atoms with Crippen molar-refractivity contribution in [3.63, 3.8) is 0 Å². The van der Waals surface area contributed by atoms with E-state index in [0.29, 0.717) is 34.8 Å². The SMILES string of the molecule is CCOc1nc2cccc(C(=O)OCc3oc(=O)oc3C)c2n1Cc1ccc(-c2ccccc2C(=O)C(=O)O)cc1. The van der Waals surface area contributed by atoms with Crippen molar-refractivity contribution in [2.45, 2.75) is 27.0 Å². The molecule has 0 unspecified atom stereocenters. The van der Waals surface area contributed by atoms with Crippen molar-refractivity contribution in [1.82, 2.24) is 9.55 Å². The molecule has 0 amide bonds. The number of para-hydroxylation sites is 1. The molecule has 2 heterocycles. The summed E-state index contributed by atoms with van der Waals surface area (Å²) in [6, 6.07) is 19.1. The van der Waals surface area contributed by atoms with Gasteiger partial charge in [0, 0.05) is 5.56 Å². The van der Waals surface area contributed by atoms with Crippen molar-refractivity contribution in [3.8, 4) is 17.1 Å². The number of fused-ring (bicyclic) bond motifs is 1. The predicted octanol–water partition coefficient (Wildman–Crippen LogP) is 4.63. The van der Waals surface area contributed by atoms with E-state index in [1.165, 1.54) is 13.0 Å². The lowest BCUT2D eigenvalue weighted by atomic mass is 9.96. The summed E-state index contributed by atoms with van der Waals surface area (Å²) in [5.41, 5.74) is 3.35. The number of benzene rings is 3. The van der Waals surface area contributed by atoms with E-state index in [4.69, 9.17) is 18.3 Å². The molecule has 3 aromatic carbocycles. The van der Waals surface area contributed by atoms with Crippen LogP contribution in [0.5, 0.6) is 6.01 Å². The maximum absolute atomic E-state index is 13.1. The number of imidazole rings is 1. The first-order chi connectivity index (χ1) is 19.8. The van der Waals surface area contributed by atoms with Crippen molar-refractivity contribution in [1.29, 1.82) is 0 Å². The molecule has 11 nitrogen and oxygen atoms in total. The highest BCUT2D eigenvalue weighted by Crippen LogP contribution is 2.29. The number of nitrogens with zero attached hydrogens (tertiary/aromatic N) is 2. The largest absolute Gasteiger partial charge is 0.519 e. The molecule has 5 rings (SSSR count). The molecule has 0 radical (unpaired) electrons. The molecule has 0 saturated carbocycles. The molecular weight excluding hydrogens is 532 g/mol. The second-order valence-electron chi connectivity index (χ2n) is 8.97. The van der Waals surface area contributed by atoms with Gasteiger partial charge in [-0.3, -0.25) is 9.36 Å². The quantitative estimate of drug-likeness (QED) is 0.146. The summed E-state index contributed by atoms with van der Waals surface area (Å²) in [5.74, 6) is -3.70. The first-order valence-corrected chi connectivity index (χ1v) is 12.6. The number of aromatic nitrogens is 2. The standard InChI is InChI=1S/C30H24N2O9/c1-3-38-29-31-23-10-6-9-22(28(36)39-16-24-17(2)40-30(37)41-24)25(23)32(29)15-18-11-13-19(14-12-18)20-7-4-5-8-21(20)26(33)27(34)35/h4-14H,3,15-16H2,1-2H3,(H,34,35). The fourth-order valence-corrected chi connectivity index (χ4v) is 4.45. The van der Waals surface area contributed by atoms with Gasteiger partial charge in [-0.15, -0.1) is 0 Å². The van der Waals surface area contributed by atoms with Crippen LogP contribution in [0.1, 0.15) is 44.7 Å². The van der Waals surface area contributed by atoms with Gasteiger partial charge in [0.1, 0.15) is 0 Å². The first-order valence-electron chi connectivity index (χ1n) is 12.6. The summed E-state index contributed by atoms with van der Waals surface area (Å²) in [5, 5.41) is 9.19. The number of rotatable bonds is 10. The van der Waals surface area contributed by atoms with Crippen LogP contribution in [0.15, 0.2) is 80.4 Å². The average Bonchev–Trinajstić information content (AvgIpc) is 3.49. The molecule has 0 aliphatic heterocycles. The number of hydrogen-bond donors (Lipinski definition) is 1. The smallest absolute Gasteiger partial charge is 0.475 e. The van der Waals surface area contributed by atoms with E-state index in [2.05, 4.69) is 4.98 Å². The monoisotopic (exact) mass is 556 g/mol. The topological polar surface area (TPSA) is 151 Å². The molecule has 1 N–H and O–H groups in total. The number of aliphatic carboxylic acids is 1. The highest BCUT2D eigenvalue weighted by atomic mass is 16.6. The van der Waals surface area contributed by atoms with E-state index in [-0.39, 0.29) is 35.8 Å². The van der Waals surface area contributed by atoms with Crippen LogP contribution in [0.25, 0.3) is 22.2 Å². The van der Waals surface area contributed by atoms with Crippen LogP contribution in [0.3, 0.4) is 0 Å². The molecule has 0 atom stereocenters. The lowest BCUT2D eigenvalue weighted by molar-refractivity contribution is -0.131. The summed E-state index contributed by atoms with van der Waals surface area (Å²) >= 11 is 0. The number of carboxylic acids is 1. The predicted molar refractivity (Wildman–Crippen MR) is 145 cm³/mol. The Balaban J connectivity index is 1.47. The highest BCUT2D eigenvalue weighted by Gasteiger charge is 2.22. The van der Waals surface area contributed by atoms with Gasteiger partial charge >= 0.3 is 17.8 Å². The van der Waals surface area contributed by atoms with Crippen LogP contribution in [0.2, 0.25) is 0 Å². The van der Waals surface area contributed by atoms with Gasteiger partial charge in [0.15, 0.2) is 18.1 Å². The Labute approximate surface area is 232 Å². The van der Waals surface area contributed by atoms with Gasteiger partial charge < -0.3 is 23.4 Å². The molecule has 2 aromatic heterocycles. The van der Waals surface area contributed by atoms with E-state index in [9.17, 15) is 24.3 Å². The molecule has 11 heteroatoms. The number of ether oxygens (including phenoxy) is 2. The number of ketones is 1. The second kappa shape index (κ2) is 11.3. The van der Waals surface area contributed by atoms with Crippen molar-refractivity contribution in [2.24, 2.45) is 0 Å². The van der Waals surface area contributed by atoms with Crippen LogP contribution < -0.4 is 10.6 Å². The van der Waals surface area contributed by atoms with Crippen LogP contribution >= 0.6 is 0 Å². The Morgan fingerprint density at radius 3 is 2.37 bits per heavy atom. The van der Waals surface area contributed by atoms with Gasteiger partial charge in [-0.25, -0.2) is 14.4 Å². The minimum Gasteiger partial charge on any atom is -0.475 e. The molecule has 41 heavy (non-hydrogen) atoms. The highest BCUT2D eigenvalue weighted by molar-refractivity contribution is 6.41. The third-order valence-corrected chi connectivity index (χ3v) is 6.37. The number of carbonyl (C=O) groups is 3. The van der Waals surface area contributed by atoms with Crippen molar-refractivity contribution in [2.75, 3.05) is 6.61 Å². The third-order valence-electron chi connectivity index (χ3n) is 6.37. The minimum absolute atomic E-state index is 0.0972. The van der Waals surface area contributed by atoms with Gasteiger partial charge in [-0.1, -0.05) is 54.6 Å². The third kappa shape index (κ3) is 5.50. The number of carboxylic acid groups (broad SMARTS) is 1. The lowest BCUT2D eigenvalue weighted by Crippen LogP contribution is -2.13. The Bertz CT molecular complexity index is 1830. The molecule has 0 bridgehead atoms. The molecule has 208 valence electrons. The Morgan fingerprint density at radius 2 is 1.68 bits per heavy atom. The van der Waals surface area contributed by atoms with Gasteiger partial charge in [0.2, 0.25) is 0 Å². The first kappa shape index (κ1) is 27.1. The van der Waals surface area contributed by atoms with E-state index < -0.39 is 23.5 Å². The summed E-state index contributed by atoms with van der Waals surface area (Å²) in [7, 11) is 0. The Hall–Kier alpha value is -5.45. The number of esters is 1. The van der Waals surface area contributed by atoms with E-state index >= 15 is 0 Å². The second-order valence-corrected chi connectivity index (χ2v) is 8.97. The number of aryl methyl sites for hydroxylation is 1. The average molecular weight is 557 g/mol. The maximum atomic E-state index is 13.1. The molecule has 0 spiro atoms. The number of hydrogen-bond acceptors (Lipinski definition) is 9. The van der Waals surface area contributed by atoms with Gasteiger partial charge in [-0.2, -0.15) is 4.98 Å². The summed E-state index contributed by atoms with van der Waals surface area (Å²) in [6.07, 6.45) is 0. The number of carbonyl (C=O) groups excluding carboxylic acids is 2. The van der Waals surface area contributed by atoms with E-state index in [0.717, 1.165) is 5.56 Å². The zero-order valence-electron chi connectivity index (χ0n) is 22.1. The summed E-state index contributed by atoms with van der Waals surface area (Å²) < 4.78 is 22.7. The van der Waals surface area contributed by atoms with Gasteiger partial charge in [-0.05, 0) is 42.7 Å². The van der Waals surface area contributed by atoms with E-state index in [1.807, 2.05) is 19.1 Å². The van der Waals surface area contributed by atoms with Crippen molar-refractivity contribution < 1.29 is 37.8 Å². The van der Waals surface area contributed by atoms with Crippen molar-refractivity contribution in [3.05, 3.63) is 106 Å².